The molecule has 1 N–H and O–H groups in total. The van der Waals surface area contributed by atoms with Crippen molar-refractivity contribution >= 4 is 16.0 Å². The van der Waals surface area contributed by atoms with Crippen molar-refractivity contribution in [1.29, 1.82) is 0 Å². The molecule has 0 bridgehead atoms. The molecule has 1 aromatic carbocycles. The highest BCUT2D eigenvalue weighted by atomic mass is 32.2. The van der Waals surface area contributed by atoms with Gasteiger partial charge in [-0.25, -0.2) is 0 Å². The molecule has 1 saturated heterocycles. The number of hydrogen-bond acceptors (Lipinski definition) is 3. The molecule has 0 spiro atoms. The van der Waals surface area contributed by atoms with E-state index in [9.17, 15) is 13.2 Å². The second-order valence-corrected chi connectivity index (χ2v) is 14.2. The first-order valence-electron chi connectivity index (χ1n) is 16.7. The number of benzene rings is 1. The van der Waals surface area contributed by atoms with E-state index in [0.29, 0.717) is 5.91 Å². The average Bonchev–Trinajstić information content (AvgIpc) is 3.32. The molecule has 1 aliphatic heterocycles. The highest BCUT2D eigenvalue weighted by Crippen LogP contribution is 2.15. The predicted octanol–water partition coefficient (Wildman–Crippen LogP) is 8.58. The fourth-order valence-electron chi connectivity index (χ4n) is 5.54. The Morgan fingerprint density at radius 1 is 0.732 bits per heavy atom. The van der Waals surface area contributed by atoms with E-state index in [1.165, 1.54) is 128 Å². The van der Waals surface area contributed by atoms with Gasteiger partial charge in [-0.15, -0.1) is 0 Å². The van der Waals surface area contributed by atoms with Gasteiger partial charge in [-0.1, -0.05) is 115 Å². The molecule has 0 aliphatic carbocycles. The minimum absolute atomic E-state index is 0.0666. The number of amides is 1. The molecule has 1 heterocycles. The van der Waals surface area contributed by atoms with Gasteiger partial charge in [-0.2, -0.15) is 8.42 Å². The summed E-state index contributed by atoms with van der Waals surface area (Å²) in [5.74, 6) is 0.373. The molecule has 0 aromatic heterocycles. The minimum atomic E-state index is -4.02. The summed E-state index contributed by atoms with van der Waals surface area (Å²) in [5, 5.41) is 0. The number of carbonyl (C=O) groups is 1. The summed E-state index contributed by atoms with van der Waals surface area (Å²) in [6.07, 6.45) is 26.0. The molecule has 0 atom stereocenters. The van der Waals surface area contributed by atoms with Crippen molar-refractivity contribution in [2.45, 2.75) is 141 Å². The second-order valence-electron chi connectivity index (χ2n) is 12.8. The lowest BCUT2D eigenvalue weighted by atomic mass is 10.0. The molecule has 0 unspecified atom stereocenters. The molecule has 0 radical (unpaired) electrons. The van der Waals surface area contributed by atoms with E-state index in [4.69, 9.17) is 4.55 Å². The molecule has 6 nitrogen and oxygen atoms in total. The maximum absolute atomic E-state index is 11.7. The largest absolute Gasteiger partial charge is 0.342 e. The summed E-state index contributed by atoms with van der Waals surface area (Å²) in [6.45, 7) is 8.58. The summed E-state index contributed by atoms with van der Waals surface area (Å²) in [6, 6.07) is 5.99. The molecule has 1 fully saturated rings. The van der Waals surface area contributed by atoms with Crippen molar-refractivity contribution in [3.63, 3.8) is 0 Å². The molecular formula is C34H63N2O4S+. The van der Waals surface area contributed by atoms with Crippen molar-refractivity contribution in [3.05, 3.63) is 29.8 Å². The third-order valence-electron chi connectivity index (χ3n) is 8.30. The predicted molar refractivity (Wildman–Crippen MR) is 173 cm³/mol. The van der Waals surface area contributed by atoms with Crippen LogP contribution in [0.3, 0.4) is 0 Å². The van der Waals surface area contributed by atoms with E-state index in [0.717, 1.165) is 42.4 Å². The number of likely N-dealkylation sites (tertiary alicyclic amines) is 1. The molecule has 0 saturated carbocycles. The van der Waals surface area contributed by atoms with Crippen LogP contribution < -0.4 is 0 Å². The smallest absolute Gasteiger partial charge is 0.294 e. The van der Waals surface area contributed by atoms with Gasteiger partial charge in [0.1, 0.15) is 0 Å². The molecule has 238 valence electrons. The van der Waals surface area contributed by atoms with Crippen LogP contribution >= 0.6 is 0 Å². The highest BCUT2D eigenvalue weighted by molar-refractivity contribution is 7.85. The van der Waals surface area contributed by atoms with Crippen LogP contribution in [0.4, 0.5) is 0 Å². The zero-order valence-corrected chi connectivity index (χ0v) is 27.9. The van der Waals surface area contributed by atoms with Crippen LogP contribution in [-0.2, 0) is 14.9 Å². The summed E-state index contributed by atoms with van der Waals surface area (Å²) >= 11 is 0. The van der Waals surface area contributed by atoms with Crippen molar-refractivity contribution in [2.75, 3.05) is 40.3 Å². The van der Waals surface area contributed by atoms with Crippen LogP contribution in [0.15, 0.2) is 29.2 Å². The maximum atomic E-state index is 11.7. The van der Waals surface area contributed by atoms with Crippen molar-refractivity contribution in [2.24, 2.45) is 0 Å². The fraction of sp³-hybridized carbons (Fsp3) is 0.794. The number of hydrogen-bond donors (Lipinski definition) is 1. The van der Waals surface area contributed by atoms with Gasteiger partial charge in [-0.3, -0.25) is 9.35 Å². The number of unbranched alkanes of at least 4 members (excludes halogenated alkanes) is 15. The van der Waals surface area contributed by atoms with Gasteiger partial charge in [0.25, 0.3) is 10.1 Å². The van der Waals surface area contributed by atoms with Gasteiger partial charge in [0.05, 0.1) is 32.1 Å². The molecule has 1 amide bonds. The normalized spacial score (nSPS) is 13.9. The first-order chi connectivity index (χ1) is 19.5. The number of quaternary nitrogens is 1. The third-order valence-corrected chi connectivity index (χ3v) is 9.17. The molecule has 1 aromatic rings. The van der Waals surface area contributed by atoms with E-state index >= 15 is 0 Å². The number of aryl methyl sites for hydroxylation is 1. The number of rotatable bonds is 22. The van der Waals surface area contributed by atoms with E-state index < -0.39 is 10.1 Å². The molecular weight excluding hydrogens is 532 g/mol. The zero-order chi connectivity index (χ0) is 30.4. The Balaban J connectivity index is 0.000000634. The van der Waals surface area contributed by atoms with Crippen LogP contribution in [0.25, 0.3) is 0 Å². The second kappa shape index (κ2) is 22.1. The van der Waals surface area contributed by atoms with Crippen molar-refractivity contribution < 1.29 is 22.2 Å². The summed E-state index contributed by atoms with van der Waals surface area (Å²) < 4.78 is 30.7. The Morgan fingerprint density at radius 2 is 1.17 bits per heavy atom. The van der Waals surface area contributed by atoms with Crippen LogP contribution in [0.2, 0.25) is 0 Å². The summed E-state index contributed by atoms with van der Waals surface area (Å²) in [7, 11) is 0.697. The zero-order valence-electron chi connectivity index (χ0n) is 27.0. The first-order valence-corrected chi connectivity index (χ1v) is 18.1. The Hall–Kier alpha value is -1.44. The monoisotopic (exact) mass is 595 g/mol. The molecule has 41 heavy (non-hydrogen) atoms. The number of nitrogens with zero attached hydrogens (tertiary/aromatic N) is 2. The van der Waals surface area contributed by atoms with Crippen LogP contribution in [0.5, 0.6) is 0 Å². The summed E-state index contributed by atoms with van der Waals surface area (Å²) in [4.78, 5) is 13.7. The van der Waals surface area contributed by atoms with Crippen LogP contribution in [0, 0.1) is 6.92 Å². The lowest BCUT2D eigenvalue weighted by molar-refractivity contribution is -0.890. The fourth-order valence-corrected chi connectivity index (χ4v) is 6.02. The van der Waals surface area contributed by atoms with E-state index in [1.807, 2.05) is 6.92 Å². The van der Waals surface area contributed by atoms with Crippen LogP contribution in [-0.4, -0.2) is 68.5 Å². The highest BCUT2D eigenvalue weighted by Gasteiger charge is 2.21. The third kappa shape index (κ3) is 20.2. The standard InChI is InChI=1S/C27H55N2O.C7H8O3S/c1-4-5-6-7-8-9-10-11-12-13-14-15-16-17-18-19-25-29(2,3)26-21-24-28-23-20-22-27(28)30;1-6-2-4-7(5-3-6)11(8,9)10/h4-26H2,1-3H3;2-5H,1H3,(H,8,9,10)/q+1;. The quantitative estimate of drug-likeness (QED) is 0.0828. The SMILES string of the molecule is CCCCCCCCCCCCCCCCCC[N+](C)(C)CCCN1CCCC1=O.Cc1ccc(S(=O)(=O)O)cc1. The summed E-state index contributed by atoms with van der Waals surface area (Å²) in [5.41, 5.74) is 0.956. The Bertz CT molecular complexity index is 900. The van der Waals surface area contributed by atoms with Gasteiger partial charge in [0.15, 0.2) is 0 Å². The minimum Gasteiger partial charge on any atom is -0.342 e. The van der Waals surface area contributed by atoms with Gasteiger partial charge < -0.3 is 9.38 Å². The molecule has 1 aliphatic rings. The van der Waals surface area contributed by atoms with Gasteiger partial charge in [0, 0.05) is 25.9 Å². The maximum Gasteiger partial charge on any atom is 0.294 e. The average molecular weight is 596 g/mol. The van der Waals surface area contributed by atoms with E-state index in [1.54, 1.807) is 12.1 Å². The van der Waals surface area contributed by atoms with Crippen molar-refractivity contribution in [1.82, 2.24) is 4.90 Å². The topological polar surface area (TPSA) is 74.7 Å². The van der Waals surface area contributed by atoms with Gasteiger partial charge >= 0.3 is 0 Å². The lowest BCUT2D eigenvalue weighted by Crippen LogP contribution is -2.42. The Labute approximate surface area is 253 Å². The van der Waals surface area contributed by atoms with E-state index in [2.05, 4.69) is 25.9 Å². The Kier molecular flexibility index (Phi) is 20.3. The molecule has 7 heteroatoms. The Morgan fingerprint density at radius 3 is 1.59 bits per heavy atom. The van der Waals surface area contributed by atoms with Gasteiger partial charge in [0.2, 0.25) is 5.91 Å². The van der Waals surface area contributed by atoms with Crippen molar-refractivity contribution in [3.8, 4) is 0 Å². The number of carbonyl (C=O) groups excluding carboxylic acids is 1. The van der Waals surface area contributed by atoms with E-state index in [-0.39, 0.29) is 4.90 Å². The molecule has 2 rings (SSSR count). The first kappa shape index (κ1) is 37.6. The van der Waals surface area contributed by atoms with Gasteiger partial charge in [-0.05, 0) is 38.3 Å². The lowest BCUT2D eigenvalue weighted by Gasteiger charge is -2.30. The van der Waals surface area contributed by atoms with Crippen LogP contribution in [0.1, 0.15) is 134 Å².